The summed E-state index contributed by atoms with van der Waals surface area (Å²) < 4.78 is 14.8. The molecule has 0 aliphatic carbocycles. The Hall–Kier alpha value is -3.03. The van der Waals surface area contributed by atoms with Gasteiger partial charge in [-0.3, -0.25) is 4.79 Å². The number of piperidine rings is 1. The molecular weight excluding hydrogens is 373 g/mol. The fraction of sp³-hybridized carbons (Fsp3) is 0.429. The van der Waals surface area contributed by atoms with E-state index in [1.807, 2.05) is 24.8 Å². The van der Waals surface area contributed by atoms with Gasteiger partial charge in [0.25, 0.3) is 5.91 Å². The first-order valence-corrected chi connectivity index (χ1v) is 9.91. The average molecular weight is 397 g/mol. The summed E-state index contributed by atoms with van der Waals surface area (Å²) in [4.78, 5) is 38.3. The predicted octanol–water partition coefficient (Wildman–Crippen LogP) is 3.18. The Kier molecular flexibility index (Phi) is 5.17. The molecule has 4 rings (SSSR count). The van der Waals surface area contributed by atoms with Crippen molar-refractivity contribution in [3.8, 4) is 0 Å². The monoisotopic (exact) mass is 397 g/mol. The maximum atomic E-state index is 14.8. The molecule has 2 aliphatic heterocycles. The van der Waals surface area contributed by atoms with Crippen LogP contribution in [0.4, 0.5) is 20.7 Å². The highest BCUT2D eigenvalue weighted by Crippen LogP contribution is 2.29. The van der Waals surface area contributed by atoms with Crippen molar-refractivity contribution in [2.45, 2.75) is 38.6 Å². The zero-order valence-electron chi connectivity index (χ0n) is 16.6. The van der Waals surface area contributed by atoms with Crippen LogP contribution in [0.2, 0.25) is 0 Å². The Bertz CT molecular complexity index is 913. The number of amides is 3. The van der Waals surface area contributed by atoms with Crippen molar-refractivity contribution in [3.05, 3.63) is 48.2 Å². The summed E-state index contributed by atoms with van der Waals surface area (Å²) in [6.45, 7) is 5.02. The Balaban J connectivity index is 1.45. The lowest BCUT2D eigenvalue weighted by Crippen LogP contribution is -2.47. The molecule has 3 amide bonds. The maximum Gasteiger partial charge on any atom is 0.332 e. The van der Waals surface area contributed by atoms with E-state index in [0.29, 0.717) is 43.1 Å². The third kappa shape index (κ3) is 3.54. The van der Waals surface area contributed by atoms with Crippen LogP contribution in [0, 0.1) is 5.82 Å². The Morgan fingerprint density at radius 2 is 1.76 bits per heavy atom. The van der Waals surface area contributed by atoms with Crippen molar-refractivity contribution < 1.29 is 14.0 Å². The second kappa shape index (κ2) is 7.77. The van der Waals surface area contributed by atoms with E-state index in [4.69, 9.17) is 0 Å². The molecule has 0 radical (unpaired) electrons. The fourth-order valence-corrected chi connectivity index (χ4v) is 4.02. The third-order valence-electron chi connectivity index (χ3n) is 5.56. The number of carbonyl (C=O) groups excluding carboxylic acids is 2. The largest absolute Gasteiger partial charge is 0.354 e. The summed E-state index contributed by atoms with van der Waals surface area (Å²) in [5, 5.41) is 0. The van der Waals surface area contributed by atoms with E-state index in [9.17, 15) is 14.0 Å². The van der Waals surface area contributed by atoms with Gasteiger partial charge in [-0.2, -0.15) is 0 Å². The van der Waals surface area contributed by atoms with Gasteiger partial charge in [0.15, 0.2) is 11.6 Å². The number of hydrogen-bond donors (Lipinski definition) is 0. The first-order chi connectivity index (χ1) is 14.0. The topological polar surface area (TPSA) is 69.6 Å². The molecule has 2 fully saturated rings. The summed E-state index contributed by atoms with van der Waals surface area (Å²) >= 11 is 0. The van der Waals surface area contributed by atoms with Crippen LogP contribution < -0.4 is 9.80 Å². The van der Waals surface area contributed by atoms with Crippen molar-refractivity contribution in [2.75, 3.05) is 29.4 Å². The zero-order valence-corrected chi connectivity index (χ0v) is 16.6. The van der Waals surface area contributed by atoms with Crippen LogP contribution in [0.25, 0.3) is 0 Å². The van der Waals surface area contributed by atoms with Crippen LogP contribution in [0.1, 0.15) is 38.3 Å². The van der Waals surface area contributed by atoms with E-state index >= 15 is 0 Å². The summed E-state index contributed by atoms with van der Waals surface area (Å²) in [6.07, 6.45) is 2.71. The Morgan fingerprint density at radius 3 is 2.41 bits per heavy atom. The van der Waals surface area contributed by atoms with Gasteiger partial charge in [-0.1, -0.05) is 32.0 Å². The lowest BCUT2D eigenvalue weighted by molar-refractivity contribution is -0.116. The van der Waals surface area contributed by atoms with Crippen molar-refractivity contribution in [1.82, 2.24) is 14.9 Å². The first kappa shape index (κ1) is 19.3. The van der Waals surface area contributed by atoms with E-state index in [-0.39, 0.29) is 36.3 Å². The number of aromatic nitrogens is 2. The maximum absolute atomic E-state index is 14.8. The number of benzene rings is 1. The van der Waals surface area contributed by atoms with Gasteiger partial charge in [-0.05, 0) is 30.9 Å². The summed E-state index contributed by atoms with van der Waals surface area (Å²) in [7, 11) is 0. The summed E-state index contributed by atoms with van der Waals surface area (Å²) in [5.74, 6) is -0.293. The molecule has 0 N–H and O–H groups in total. The highest BCUT2D eigenvalue weighted by atomic mass is 19.1. The third-order valence-corrected chi connectivity index (χ3v) is 5.56. The van der Waals surface area contributed by atoms with E-state index in [2.05, 4.69) is 9.97 Å². The predicted molar refractivity (Wildman–Crippen MR) is 107 cm³/mol. The molecule has 7 nitrogen and oxygen atoms in total. The number of halogens is 1. The molecule has 0 bridgehead atoms. The molecule has 0 spiro atoms. The van der Waals surface area contributed by atoms with E-state index in [1.165, 1.54) is 11.2 Å². The number of carbonyl (C=O) groups is 2. The van der Waals surface area contributed by atoms with Gasteiger partial charge in [0.2, 0.25) is 0 Å². The molecule has 1 aromatic heterocycles. The molecule has 1 aromatic carbocycles. The molecule has 3 heterocycles. The number of nitrogens with zero attached hydrogens (tertiary/aromatic N) is 5. The van der Waals surface area contributed by atoms with Crippen molar-refractivity contribution in [3.63, 3.8) is 0 Å². The van der Waals surface area contributed by atoms with Gasteiger partial charge in [0, 0.05) is 19.1 Å². The smallest absolute Gasteiger partial charge is 0.332 e. The standard InChI is InChI=1S/C21H24FN5O2/c1-14(2)19-18(22)20(24-13-23-19)25-10-8-15(9-11-25)26-12-17(28)27(21(26)29)16-6-4-3-5-7-16/h3-7,13-15H,8-12H2,1-2H3. The van der Waals surface area contributed by atoms with Crippen molar-refractivity contribution >= 4 is 23.4 Å². The number of anilines is 2. The van der Waals surface area contributed by atoms with Gasteiger partial charge in [0.05, 0.1) is 11.4 Å². The number of para-hydroxylation sites is 1. The molecule has 2 aliphatic rings. The lowest BCUT2D eigenvalue weighted by Gasteiger charge is -2.36. The molecule has 0 saturated carbocycles. The summed E-state index contributed by atoms with van der Waals surface area (Å²) in [6, 6.07) is 8.63. The number of hydrogen-bond acceptors (Lipinski definition) is 5. The van der Waals surface area contributed by atoms with Gasteiger partial charge >= 0.3 is 6.03 Å². The SMILES string of the molecule is CC(C)c1ncnc(N2CCC(N3CC(=O)N(c4ccccc4)C3=O)CC2)c1F. The zero-order chi connectivity index (χ0) is 20.5. The molecule has 8 heteroatoms. The van der Waals surface area contributed by atoms with Crippen LogP contribution in [0.3, 0.4) is 0 Å². The Labute approximate surface area is 169 Å². The van der Waals surface area contributed by atoms with E-state index in [1.54, 1.807) is 29.2 Å². The highest BCUT2D eigenvalue weighted by molar-refractivity contribution is 6.19. The second-order valence-electron chi connectivity index (χ2n) is 7.74. The van der Waals surface area contributed by atoms with E-state index < -0.39 is 0 Å². The molecular formula is C21H24FN5O2. The van der Waals surface area contributed by atoms with Crippen LogP contribution in [0.5, 0.6) is 0 Å². The summed E-state index contributed by atoms with van der Waals surface area (Å²) in [5.41, 5.74) is 1.00. The fourth-order valence-electron chi connectivity index (χ4n) is 4.02. The van der Waals surface area contributed by atoms with Crippen molar-refractivity contribution in [1.29, 1.82) is 0 Å². The van der Waals surface area contributed by atoms with Gasteiger partial charge in [-0.15, -0.1) is 0 Å². The highest BCUT2D eigenvalue weighted by Gasteiger charge is 2.41. The van der Waals surface area contributed by atoms with E-state index in [0.717, 1.165) is 0 Å². The molecule has 2 saturated heterocycles. The van der Waals surface area contributed by atoms with Gasteiger partial charge in [0.1, 0.15) is 12.9 Å². The van der Waals surface area contributed by atoms with Crippen LogP contribution in [-0.4, -0.2) is 52.5 Å². The average Bonchev–Trinajstić information content (AvgIpc) is 3.03. The van der Waals surface area contributed by atoms with Gasteiger partial charge in [-0.25, -0.2) is 24.1 Å². The molecule has 0 atom stereocenters. The van der Waals surface area contributed by atoms with Gasteiger partial charge < -0.3 is 9.80 Å². The molecule has 29 heavy (non-hydrogen) atoms. The minimum absolute atomic E-state index is 0.0218. The molecule has 0 unspecified atom stereocenters. The number of urea groups is 1. The van der Waals surface area contributed by atoms with Crippen molar-refractivity contribution in [2.24, 2.45) is 0 Å². The Morgan fingerprint density at radius 1 is 1.07 bits per heavy atom. The second-order valence-corrected chi connectivity index (χ2v) is 7.74. The van der Waals surface area contributed by atoms with Crippen LogP contribution in [-0.2, 0) is 4.79 Å². The minimum Gasteiger partial charge on any atom is -0.354 e. The molecule has 2 aromatic rings. The minimum atomic E-state index is -0.372. The number of imide groups is 1. The lowest BCUT2D eigenvalue weighted by atomic mass is 10.0. The molecule has 152 valence electrons. The normalized spacial score (nSPS) is 18.3. The van der Waals surface area contributed by atoms with Crippen LogP contribution in [0.15, 0.2) is 36.7 Å². The van der Waals surface area contributed by atoms with Crippen LogP contribution >= 0.6 is 0 Å². The quantitative estimate of drug-likeness (QED) is 0.741. The first-order valence-electron chi connectivity index (χ1n) is 9.91. The number of rotatable bonds is 4.